The first-order chi connectivity index (χ1) is 7.11. The Hall–Kier alpha value is -1.84. The lowest BCUT2D eigenvalue weighted by molar-refractivity contribution is 1.09. The van der Waals surface area contributed by atoms with Gasteiger partial charge in [-0.2, -0.15) is 0 Å². The van der Waals surface area contributed by atoms with Crippen LogP contribution in [0.4, 0.5) is 11.5 Å². The number of hydrogen-bond donors (Lipinski definition) is 2. The molecular weight excluding hydrogens is 188 g/mol. The van der Waals surface area contributed by atoms with Crippen LogP contribution in [-0.4, -0.2) is 9.97 Å². The lowest BCUT2D eigenvalue weighted by atomic mass is 10.1. The van der Waals surface area contributed by atoms with Crippen LogP contribution in [0.3, 0.4) is 0 Å². The van der Waals surface area contributed by atoms with E-state index in [0.717, 1.165) is 28.6 Å². The zero-order valence-electron chi connectivity index (χ0n) is 8.91. The molecule has 4 N–H and O–H groups in total. The number of nitrogen functional groups attached to an aromatic ring is 2. The third kappa shape index (κ3) is 1.58. The molecule has 15 heavy (non-hydrogen) atoms. The van der Waals surface area contributed by atoms with Crippen molar-refractivity contribution in [2.24, 2.45) is 0 Å². The Labute approximate surface area is 88.3 Å². The summed E-state index contributed by atoms with van der Waals surface area (Å²) < 4.78 is 0. The number of fused-ring (bicyclic) bond motifs is 1. The first kappa shape index (κ1) is 9.71. The molecule has 1 aromatic heterocycles. The molecule has 2 rings (SSSR count). The van der Waals surface area contributed by atoms with Gasteiger partial charge in [-0.3, -0.25) is 0 Å². The molecule has 0 saturated carbocycles. The Kier molecular flexibility index (Phi) is 2.19. The van der Waals surface area contributed by atoms with Gasteiger partial charge in [-0.15, -0.1) is 0 Å². The van der Waals surface area contributed by atoms with Crippen LogP contribution in [0.2, 0.25) is 0 Å². The number of aryl methyl sites for hydroxylation is 2. The second kappa shape index (κ2) is 3.38. The minimum absolute atomic E-state index is 0.536. The van der Waals surface area contributed by atoms with E-state index >= 15 is 0 Å². The second-order valence-electron chi connectivity index (χ2n) is 3.58. The van der Waals surface area contributed by atoms with E-state index in [-0.39, 0.29) is 0 Å². The molecule has 0 aliphatic heterocycles. The Bertz CT molecular complexity index is 514. The maximum Gasteiger partial charge on any atom is 0.135 e. The summed E-state index contributed by atoms with van der Waals surface area (Å²) in [7, 11) is 0. The average Bonchev–Trinajstić information content (AvgIpc) is 2.14. The summed E-state index contributed by atoms with van der Waals surface area (Å²) in [6, 6.07) is 3.76. The zero-order chi connectivity index (χ0) is 11.0. The fourth-order valence-electron chi connectivity index (χ4n) is 1.80. The molecule has 0 amide bonds. The summed E-state index contributed by atoms with van der Waals surface area (Å²) in [6.07, 6.45) is 0.873. The summed E-state index contributed by atoms with van der Waals surface area (Å²) >= 11 is 0. The van der Waals surface area contributed by atoms with Crippen molar-refractivity contribution in [3.63, 3.8) is 0 Å². The van der Waals surface area contributed by atoms with Crippen molar-refractivity contribution in [3.8, 4) is 0 Å². The summed E-state index contributed by atoms with van der Waals surface area (Å²) in [4.78, 5) is 8.50. The molecule has 4 heteroatoms. The van der Waals surface area contributed by atoms with Crippen LogP contribution in [0.15, 0.2) is 12.1 Å². The molecule has 0 aliphatic carbocycles. The molecule has 0 bridgehead atoms. The van der Waals surface area contributed by atoms with E-state index in [1.807, 2.05) is 19.1 Å². The molecule has 0 fully saturated rings. The van der Waals surface area contributed by atoms with E-state index < -0.39 is 0 Å². The van der Waals surface area contributed by atoms with E-state index in [0.29, 0.717) is 11.6 Å². The number of benzene rings is 1. The number of nitrogens with two attached hydrogens (primary N) is 2. The maximum absolute atomic E-state index is 5.89. The van der Waals surface area contributed by atoms with Crippen LogP contribution in [0.25, 0.3) is 10.9 Å². The smallest absolute Gasteiger partial charge is 0.135 e. The van der Waals surface area contributed by atoms with Crippen molar-refractivity contribution in [1.29, 1.82) is 0 Å². The number of nitrogens with zero attached hydrogens (tertiary/aromatic N) is 2. The Morgan fingerprint density at radius 2 is 1.93 bits per heavy atom. The molecule has 0 saturated heterocycles. The number of aromatic nitrogens is 2. The van der Waals surface area contributed by atoms with Crippen molar-refractivity contribution in [2.45, 2.75) is 20.3 Å². The van der Waals surface area contributed by atoms with Crippen molar-refractivity contribution in [1.82, 2.24) is 9.97 Å². The molecule has 2 aromatic rings. The Balaban J connectivity index is 2.90. The van der Waals surface area contributed by atoms with Gasteiger partial charge >= 0.3 is 0 Å². The Morgan fingerprint density at radius 1 is 1.20 bits per heavy atom. The predicted octanol–water partition coefficient (Wildman–Crippen LogP) is 1.67. The van der Waals surface area contributed by atoms with Gasteiger partial charge in [0.2, 0.25) is 0 Å². The van der Waals surface area contributed by atoms with E-state index in [4.69, 9.17) is 11.5 Å². The molecule has 1 aromatic carbocycles. The molecule has 4 nitrogen and oxygen atoms in total. The molecule has 0 unspecified atom stereocenters. The van der Waals surface area contributed by atoms with Gasteiger partial charge in [0.25, 0.3) is 0 Å². The van der Waals surface area contributed by atoms with Crippen LogP contribution >= 0.6 is 0 Å². The van der Waals surface area contributed by atoms with Gasteiger partial charge in [0, 0.05) is 11.1 Å². The summed E-state index contributed by atoms with van der Waals surface area (Å²) in [6.45, 7) is 3.89. The maximum atomic E-state index is 5.89. The van der Waals surface area contributed by atoms with Crippen LogP contribution < -0.4 is 11.5 Å². The van der Waals surface area contributed by atoms with Gasteiger partial charge in [-0.05, 0) is 31.0 Å². The number of hydrogen-bond acceptors (Lipinski definition) is 4. The van der Waals surface area contributed by atoms with Crippen molar-refractivity contribution in [3.05, 3.63) is 23.5 Å². The highest BCUT2D eigenvalue weighted by molar-refractivity contribution is 5.93. The third-order valence-electron chi connectivity index (χ3n) is 2.42. The van der Waals surface area contributed by atoms with E-state index in [1.54, 1.807) is 0 Å². The molecule has 0 aliphatic rings. The van der Waals surface area contributed by atoms with Crippen molar-refractivity contribution >= 4 is 22.4 Å². The largest absolute Gasteiger partial charge is 0.399 e. The van der Waals surface area contributed by atoms with E-state index in [2.05, 4.69) is 16.9 Å². The summed E-state index contributed by atoms with van der Waals surface area (Å²) in [5, 5.41) is 0.928. The average molecular weight is 202 g/mol. The molecule has 0 atom stereocenters. The highest BCUT2D eigenvalue weighted by Gasteiger charge is 2.08. The van der Waals surface area contributed by atoms with Gasteiger partial charge in [-0.25, -0.2) is 9.97 Å². The van der Waals surface area contributed by atoms with Crippen molar-refractivity contribution < 1.29 is 0 Å². The quantitative estimate of drug-likeness (QED) is 0.689. The standard InChI is InChI=1S/C11H14N4/c1-3-7-4-8(12)5-9-10(7)11(13)15-6(2)14-9/h4-5H,3,12H2,1-2H3,(H2,13,14,15). The third-order valence-corrected chi connectivity index (χ3v) is 2.42. The van der Waals surface area contributed by atoms with Gasteiger partial charge in [-0.1, -0.05) is 6.92 Å². The van der Waals surface area contributed by atoms with Gasteiger partial charge in [0.15, 0.2) is 0 Å². The van der Waals surface area contributed by atoms with Crippen LogP contribution in [-0.2, 0) is 6.42 Å². The van der Waals surface area contributed by atoms with E-state index in [1.165, 1.54) is 0 Å². The molecule has 0 spiro atoms. The van der Waals surface area contributed by atoms with Crippen LogP contribution in [0, 0.1) is 6.92 Å². The topological polar surface area (TPSA) is 77.8 Å². The number of rotatable bonds is 1. The molecule has 78 valence electrons. The second-order valence-corrected chi connectivity index (χ2v) is 3.58. The zero-order valence-corrected chi connectivity index (χ0v) is 8.91. The lowest BCUT2D eigenvalue weighted by Gasteiger charge is -2.08. The highest BCUT2D eigenvalue weighted by atomic mass is 14.9. The summed E-state index contributed by atoms with van der Waals surface area (Å²) in [5.41, 5.74) is 14.3. The normalized spacial score (nSPS) is 10.8. The molecular formula is C11H14N4. The van der Waals surface area contributed by atoms with Crippen molar-refractivity contribution in [2.75, 3.05) is 11.5 Å². The fraction of sp³-hybridized carbons (Fsp3) is 0.273. The first-order valence-electron chi connectivity index (χ1n) is 4.94. The van der Waals surface area contributed by atoms with E-state index in [9.17, 15) is 0 Å². The predicted molar refractivity (Wildman–Crippen MR) is 62.5 cm³/mol. The van der Waals surface area contributed by atoms with Crippen LogP contribution in [0.1, 0.15) is 18.3 Å². The first-order valence-corrected chi connectivity index (χ1v) is 4.94. The monoisotopic (exact) mass is 202 g/mol. The van der Waals surface area contributed by atoms with Gasteiger partial charge in [0.1, 0.15) is 11.6 Å². The summed E-state index contributed by atoms with van der Waals surface area (Å²) in [5.74, 6) is 1.21. The van der Waals surface area contributed by atoms with Gasteiger partial charge < -0.3 is 11.5 Å². The van der Waals surface area contributed by atoms with Gasteiger partial charge in [0.05, 0.1) is 5.52 Å². The molecule has 1 heterocycles. The minimum Gasteiger partial charge on any atom is -0.399 e. The minimum atomic E-state index is 0.536. The number of anilines is 2. The Morgan fingerprint density at radius 3 is 2.60 bits per heavy atom. The SMILES string of the molecule is CCc1cc(N)cc2nc(C)nc(N)c12. The highest BCUT2D eigenvalue weighted by Crippen LogP contribution is 2.25. The molecule has 0 radical (unpaired) electrons. The fourth-order valence-corrected chi connectivity index (χ4v) is 1.80. The van der Waals surface area contributed by atoms with Crippen LogP contribution in [0.5, 0.6) is 0 Å². The lowest BCUT2D eigenvalue weighted by Crippen LogP contribution is -2.01.